The summed E-state index contributed by atoms with van der Waals surface area (Å²) in [7, 11) is 0. The summed E-state index contributed by atoms with van der Waals surface area (Å²) in [6, 6.07) is 10.0. The minimum Gasteiger partial charge on any atom is -0.344 e. The number of alkyl halides is 4. The molecule has 7 rings (SSSR count). The number of aromatic nitrogens is 6. The second-order valence-electron chi connectivity index (χ2n) is 12.3. The quantitative estimate of drug-likeness (QED) is 0.219. The van der Waals surface area contributed by atoms with Gasteiger partial charge < -0.3 is 20.4 Å². The van der Waals surface area contributed by atoms with Gasteiger partial charge >= 0.3 is 0 Å². The number of halogens is 4. The number of anilines is 4. The molecule has 12 nitrogen and oxygen atoms in total. The molecule has 2 saturated heterocycles. The van der Waals surface area contributed by atoms with Crippen LogP contribution in [0.3, 0.4) is 0 Å². The molecule has 0 bridgehead atoms. The van der Waals surface area contributed by atoms with E-state index in [2.05, 4.69) is 41.0 Å². The van der Waals surface area contributed by atoms with Crippen LogP contribution in [-0.2, 0) is 22.4 Å². The van der Waals surface area contributed by atoms with E-state index in [4.69, 9.17) is 0 Å². The zero-order valence-corrected chi connectivity index (χ0v) is 27.0. The first kappa shape index (κ1) is 32.2. The molecule has 18 heteroatoms. The SMILES string of the molecule is O=C(Cc1cccc(N2CC(F)(F)C2)n1)Nc1nnc(C2CCCC(c3nnc(NC(=O)Cc4cccc(N5CC(F)(F)C5)n4)s3)C2)s1. The van der Waals surface area contributed by atoms with Gasteiger partial charge in [0.1, 0.15) is 21.7 Å². The maximum absolute atomic E-state index is 13.2. The highest BCUT2D eigenvalue weighted by molar-refractivity contribution is 7.15. The van der Waals surface area contributed by atoms with Gasteiger partial charge in [-0.3, -0.25) is 9.59 Å². The first-order valence-corrected chi connectivity index (χ1v) is 17.0. The molecule has 2 atom stereocenters. The number of carbonyl (C=O) groups is 2. The van der Waals surface area contributed by atoms with Gasteiger partial charge in [-0.1, -0.05) is 41.2 Å². The maximum atomic E-state index is 13.2. The normalized spacial score (nSPS) is 21.2. The van der Waals surface area contributed by atoms with E-state index < -0.39 is 11.8 Å². The predicted molar refractivity (Wildman–Crippen MR) is 171 cm³/mol. The van der Waals surface area contributed by atoms with Crippen molar-refractivity contribution in [3.8, 4) is 0 Å². The summed E-state index contributed by atoms with van der Waals surface area (Å²) >= 11 is 2.63. The van der Waals surface area contributed by atoms with Crippen molar-refractivity contribution in [2.24, 2.45) is 0 Å². The molecule has 2 N–H and O–H groups in total. The second kappa shape index (κ2) is 12.9. The predicted octanol–water partition coefficient (Wildman–Crippen LogP) is 4.89. The molecule has 252 valence electrons. The van der Waals surface area contributed by atoms with Crippen LogP contribution >= 0.6 is 22.7 Å². The number of pyridine rings is 2. The van der Waals surface area contributed by atoms with Crippen LogP contribution in [0.25, 0.3) is 0 Å². The molecule has 3 fully saturated rings. The average molecular weight is 703 g/mol. The number of hydrogen-bond donors (Lipinski definition) is 2. The van der Waals surface area contributed by atoms with Crippen molar-refractivity contribution in [1.82, 2.24) is 30.4 Å². The zero-order chi connectivity index (χ0) is 33.5. The highest BCUT2D eigenvalue weighted by Gasteiger charge is 2.45. The lowest BCUT2D eigenvalue weighted by atomic mass is 9.82. The highest BCUT2D eigenvalue weighted by atomic mass is 32.1. The van der Waals surface area contributed by atoms with Gasteiger partial charge in [0.05, 0.1) is 50.4 Å². The van der Waals surface area contributed by atoms with Crippen molar-refractivity contribution < 1.29 is 27.2 Å². The summed E-state index contributed by atoms with van der Waals surface area (Å²) in [4.78, 5) is 37.1. The average Bonchev–Trinajstić information content (AvgIpc) is 3.69. The number of rotatable bonds is 10. The van der Waals surface area contributed by atoms with Gasteiger partial charge in [-0.05, 0) is 43.5 Å². The second-order valence-corrected chi connectivity index (χ2v) is 14.3. The van der Waals surface area contributed by atoms with Crippen LogP contribution in [0.4, 0.5) is 39.5 Å². The molecular formula is C30H30F4N10O2S2. The van der Waals surface area contributed by atoms with Crippen LogP contribution in [0.1, 0.15) is 58.9 Å². The molecule has 4 aromatic rings. The van der Waals surface area contributed by atoms with Gasteiger partial charge in [-0.15, -0.1) is 20.4 Å². The Morgan fingerprint density at radius 1 is 0.708 bits per heavy atom. The van der Waals surface area contributed by atoms with Gasteiger partial charge in [-0.25, -0.2) is 27.5 Å². The minimum atomic E-state index is -2.71. The topological polar surface area (TPSA) is 142 Å². The van der Waals surface area contributed by atoms with Crippen LogP contribution in [-0.4, -0.2) is 80.2 Å². The summed E-state index contributed by atoms with van der Waals surface area (Å²) < 4.78 is 53.0. The van der Waals surface area contributed by atoms with Crippen LogP contribution in [0.15, 0.2) is 36.4 Å². The van der Waals surface area contributed by atoms with E-state index in [1.165, 1.54) is 32.5 Å². The lowest BCUT2D eigenvalue weighted by Crippen LogP contribution is -2.56. The lowest BCUT2D eigenvalue weighted by molar-refractivity contribution is -0.116. The van der Waals surface area contributed by atoms with Crippen molar-refractivity contribution in [3.63, 3.8) is 0 Å². The van der Waals surface area contributed by atoms with Crippen molar-refractivity contribution in [1.29, 1.82) is 0 Å². The molecular weight excluding hydrogens is 673 g/mol. The molecule has 0 radical (unpaired) electrons. The van der Waals surface area contributed by atoms with Crippen molar-refractivity contribution in [2.75, 3.05) is 46.6 Å². The number of carbonyl (C=O) groups excluding carboxylic acids is 2. The van der Waals surface area contributed by atoms with Crippen LogP contribution < -0.4 is 20.4 Å². The third kappa shape index (κ3) is 7.53. The van der Waals surface area contributed by atoms with Crippen molar-refractivity contribution in [2.45, 2.75) is 62.2 Å². The number of amides is 2. The monoisotopic (exact) mass is 702 g/mol. The Balaban J connectivity index is 0.899. The highest BCUT2D eigenvalue weighted by Crippen LogP contribution is 2.43. The fraction of sp³-hybridized carbons (Fsp3) is 0.467. The largest absolute Gasteiger partial charge is 0.344 e. The Bertz CT molecular complexity index is 1680. The van der Waals surface area contributed by atoms with Crippen LogP contribution in [0, 0.1) is 0 Å². The lowest BCUT2D eigenvalue weighted by Gasteiger charge is -2.39. The maximum Gasteiger partial charge on any atom is 0.282 e. The zero-order valence-electron chi connectivity index (χ0n) is 25.4. The van der Waals surface area contributed by atoms with E-state index in [1.807, 2.05) is 0 Å². The first-order valence-electron chi connectivity index (χ1n) is 15.4. The molecule has 48 heavy (non-hydrogen) atoms. The Labute approximate surface area is 280 Å². The van der Waals surface area contributed by atoms with Gasteiger partial charge in [0.2, 0.25) is 22.1 Å². The van der Waals surface area contributed by atoms with Crippen LogP contribution in [0.5, 0.6) is 0 Å². The summed E-state index contributed by atoms with van der Waals surface area (Å²) in [6.45, 7) is -1.54. The van der Waals surface area contributed by atoms with Gasteiger partial charge in [0.15, 0.2) is 0 Å². The first-order chi connectivity index (χ1) is 23.0. The summed E-state index contributed by atoms with van der Waals surface area (Å²) in [5.74, 6) is -5.01. The number of nitrogens with zero attached hydrogens (tertiary/aromatic N) is 8. The molecule has 3 aliphatic rings. The standard InChI is InChI=1S/C30H30F4N10O2S2/c31-29(32)13-43(14-29)21-8-2-6-19(35-21)11-23(45)37-27-41-39-25(47-27)17-4-1-5-18(10-17)26-40-42-28(48-26)38-24(46)12-20-7-3-9-22(36-20)44-15-30(33,34)16-44/h2-3,6-9,17-18H,1,4-5,10-16H2,(H,37,41,45)(H,38,42,46). The Morgan fingerprint density at radius 2 is 1.15 bits per heavy atom. The van der Waals surface area contributed by atoms with Gasteiger partial charge in [0, 0.05) is 11.8 Å². The molecule has 2 aliphatic heterocycles. The molecule has 2 amide bonds. The van der Waals surface area contributed by atoms with E-state index in [9.17, 15) is 27.2 Å². The summed E-state index contributed by atoms with van der Waals surface area (Å²) in [5.41, 5.74) is 0.936. The van der Waals surface area contributed by atoms with E-state index in [0.29, 0.717) is 33.3 Å². The molecule has 2 unspecified atom stereocenters. The number of nitrogens with one attached hydrogen (secondary N) is 2. The van der Waals surface area contributed by atoms with E-state index in [1.54, 1.807) is 36.4 Å². The van der Waals surface area contributed by atoms with Crippen molar-refractivity contribution >= 4 is 56.4 Å². The fourth-order valence-electron chi connectivity index (χ4n) is 6.03. The molecule has 1 aliphatic carbocycles. The third-order valence-electron chi connectivity index (χ3n) is 8.35. The van der Waals surface area contributed by atoms with E-state index in [-0.39, 0.29) is 62.7 Å². The molecule has 4 aromatic heterocycles. The molecule has 0 spiro atoms. The summed E-state index contributed by atoms with van der Waals surface area (Å²) in [5, 5.41) is 24.9. The fourth-order valence-corrected chi connectivity index (χ4v) is 7.84. The minimum absolute atomic E-state index is 0.0304. The van der Waals surface area contributed by atoms with Gasteiger partial charge in [-0.2, -0.15) is 0 Å². The number of hydrogen-bond acceptors (Lipinski definition) is 12. The van der Waals surface area contributed by atoms with E-state index >= 15 is 0 Å². The summed E-state index contributed by atoms with van der Waals surface area (Å²) in [6.07, 6.45) is 3.47. The Morgan fingerprint density at radius 3 is 1.56 bits per heavy atom. The van der Waals surface area contributed by atoms with Crippen LogP contribution in [0.2, 0.25) is 0 Å². The Hall–Kier alpha value is -4.32. The van der Waals surface area contributed by atoms with Crippen molar-refractivity contribution in [3.05, 3.63) is 57.8 Å². The smallest absolute Gasteiger partial charge is 0.282 e. The Kier molecular flexibility index (Phi) is 8.69. The molecule has 0 aromatic carbocycles. The van der Waals surface area contributed by atoms with E-state index in [0.717, 1.165) is 35.7 Å². The van der Waals surface area contributed by atoms with Gasteiger partial charge in [0.25, 0.3) is 11.8 Å². The third-order valence-corrected chi connectivity index (χ3v) is 10.4. The molecule has 6 heterocycles. The molecule has 1 saturated carbocycles.